The molecular weight excluding hydrogens is 307 g/mol. The summed E-state index contributed by atoms with van der Waals surface area (Å²) in [5.74, 6) is 0.0548. The van der Waals surface area contributed by atoms with Crippen molar-refractivity contribution in [3.8, 4) is 0 Å². The Labute approximate surface area is 120 Å². The zero-order chi connectivity index (χ0) is 14.3. The van der Waals surface area contributed by atoms with E-state index in [9.17, 15) is 12.8 Å². The Morgan fingerprint density at radius 1 is 1.40 bits per heavy atom. The second-order valence-corrected chi connectivity index (χ2v) is 6.78. The zero-order valence-corrected chi connectivity index (χ0v) is 11.8. The van der Waals surface area contributed by atoms with E-state index in [1.54, 1.807) is 0 Å². The van der Waals surface area contributed by atoms with E-state index in [0.717, 1.165) is 17.7 Å². The van der Waals surface area contributed by atoms with Crippen LogP contribution in [0.3, 0.4) is 0 Å². The molecule has 1 aliphatic heterocycles. The van der Waals surface area contributed by atoms with Gasteiger partial charge in [-0.1, -0.05) is 16.8 Å². The normalized spacial score (nSPS) is 16.1. The monoisotopic (exact) mass is 316 g/mol. The third-order valence-corrected chi connectivity index (χ3v) is 5.32. The summed E-state index contributed by atoms with van der Waals surface area (Å²) < 4.78 is 44.4. The number of rotatable bonds is 2. The first kappa shape index (κ1) is 13.5. The highest BCUT2D eigenvalue weighted by molar-refractivity contribution is 7.89. The smallest absolute Gasteiger partial charge is 0.243 e. The Balaban J connectivity index is 1.95. The summed E-state index contributed by atoms with van der Waals surface area (Å²) in [4.78, 5) is -0.0243. The van der Waals surface area contributed by atoms with Crippen LogP contribution in [0.5, 0.6) is 0 Å². The fraction of sp³-hybridized carbons (Fsp3) is 0.250. The first-order chi connectivity index (χ1) is 9.48. The molecule has 0 fully saturated rings. The molecule has 0 saturated carbocycles. The molecule has 0 bridgehead atoms. The highest BCUT2D eigenvalue weighted by Gasteiger charge is 2.30. The lowest BCUT2D eigenvalue weighted by Gasteiger charge is -2.25. The molecule has 8 heteroatoms. The molecule has 2 aromatic rings. The van der Waals surface area contributed by atoms with Crippen LogP contribution in [0.2, 0.25) is 5.02 Å². The molecule has 0 unspecified atom stereocenters. The first-order valence-corrected chi connectivity index (χ1v) is 7.68. The zero-order valence-electron chi connectivity index (χ0n) is 10.2. The lowest BCUT2D eigenvalue weighted by molar-refractivity contribution is 0.331. The Morgan fingerprint density at radius 3 is 2.95 bits per heavy atom. The SMILES string of the molecule is O=S(=O)(c1ccc(F)c(Cl)c1)N1CCc2oncc2C1. The van der Waals surface area contributed by atoms with E-state index < -0.39 is 15.8 Å². The first-order valence-electron chi connectivity index (χ1n) is 5.86. The molecule has 0 saturated heterocycles. The minimum absolute atomic E-state index is 0.0243. The number of hydrogen-bond donors (Lipinski definition) is 0. The van der Waals surface area contributed by atoms with Crippen LogP contribution in [0.4, 0.5) is 4.39 Å². The van der Waals surface area contributed by atoms with Gasteiger partial charge in [0.25, 0.3) is 0 Å². The van der Waals surface area contributed by atoms with Crippen LogP contribution in [0.15, 0.2) is 33.8 Å². The molecular formula is C12H10ClFN2O3S. The summed E-state index contributed by atoms with van der Waals surface area (Å²) in [6.45, 7) is 0.482. The quantitative estimate of drug-likeness (QED) is 0.852. The van der Waals surface area contributed by atoms with E-state index in [-0.39, 0.29) is 16.5 Å². The molecule has 1 aromatic heterocycles. The second kappa shape index (κ2) is 4.83. The molecule has 0 atom stereocenters. The molecule has 5 nitrogen and oxygen atoms in total. The minimum atomic E-state index is -3.71. The topological polar surface area (TPSA) is 63.4 Å². The van der Waals surface area contributed by atoms with Gasteiger partial charge in [0.05, 0.1) is 16.1 Å². The lowest BCUT2D eigenvalue weighted by Crippen LogP contribution is -2.35. The molecule has 106 valence electrons. The van der Waals surface area contributed by atoms with Crippen molar-refractivity contribution in [2.45, 2.75) is 17.9 Å². The van der Waals surface area contributed by atoms with Crippen molar-refractivity contribution in [2.24, 2.45) is 0 Å². The summed E-state index contributed by atoms with van der Waals surface area (Å²) in [5.41, 5.74) is 0.744. The molecule has 0 amide bonds. The molecule has 0 spiro atoms. The fourth-order valence-electron chi connectivity index (χ4n) is 2.11. The number of fused-ring (bicyclic) bond motifs is 1. The summed E-state index contributed by atoms with van der Waals surface area (Å²) in [6, 6.07) is 3.37. The third-order valence-electron chi connectivity index (χ3n) is 3.19. The van der Waals surface area contributed by atoms with Crippen LogP contribution in [-0.4, -0.2) is 24.4 Å². The maximum Gasteiger partial charge on any atom is 0.243 e. The highest BCUT2D eigenvalue weighted by Crippen LogP contribution is 2.26. The van der Waals surface area contributed by atoms with Crippen LogP contribution >= 0.6 is 11.6 Å². The molecule has 0 N–H and O–H groups in total. The van der Waals surface area contributed by atoms with Crippen molar-refractivity contribution < 1.29 is 17.3 Å². The van der Waals surface area contributed by atoms with Gasteiger partial charge in [-0.05, 0) is 18.2 Å². The molecule has 3 rings (SSSR count). The molecule has 0 aliphatic carbocycles. The Morgan fingerprint density at radius 2 is 2.20 bits per heavy atom. The van der Waals surface area contributed by atoms with Gasteiger partial charge in [0.15, 0.2) is 0 Å². The van der Waals surface area contributed by atoms with Crippen molar-refractivity contribution in [1.29, 1.82) is 0 Å². The number of sulfonamides is 1. The maximum absolute atomic E-state index is 13.1. The average molecular weight is 317 g/mol. The molecule has 1 aliphatic rings. The number of nitrogens with zero attached hydrogens (tertiary/aromatic N) is 2. The number of hydrogen-bond acceptors (Lipinski definition) is 4. The average Bonchev–Trinajstić information content (AvgIpc) is 2.89. The number of benzene rings is 1. The Bertz CT molecular complexity index is 760. The van der Waals surface area contributed by atoms with E-state index in [4.69, 9.17) is 16.1 Å². The molecule has 1 aromatic carbocycles. The molecule has 2 heterocycles. The lowest BCUT2D eigenvalue weighted by atomic mass is 10.1. The summed E-state index contributed by atoms with van der Waals surface area (Å²) in [6.07, 6.45) is 1.97. The van der Waals surface area contributed by atoms with Gasteiger partial charge in [0.1, 0.15) is 11.6 Å². The van der Waals surface area contributed by atoms with Crippen LogP contribution in [0.25, 0.3) is 0 Å². The molecule has 20 heavy (non-hydrogen) atoms. The third kappa shape index (κ3) is 2.21. The van der Waals surface area contributed by atoms with Gasteiger partial charge < -0.3 is 4.52 Å². The Kier molecular flexibility index (Phi) is 3.27. The Hall–Kier alpha value is -1.44. The summed E-state index contributed by atoms with van der Waals surface area (Å²) in [5, 5.41) is 3.44. The predicted molar refractivity (Wildman–Crippen MR) is 69.2 cm³/mol. The number of aromatic nitrogens is 1. The standard InChI is InChI=1S/C12H10ClFN2O3S/c13-10-5-9(1-2-11(10)14)20(17,18)16-4-3-12-8(7-16)6-15-19-12/h1-2,5-6H,3-4,7H2. The van der Waals surface area contributed by atoms with Gasteiger partial charge in [-0.25, -0.2) is 12.8 Å². The van der Waals surface area contributed by atoms with Gasteiger partial charge in [-0.2, -0.15) is 4.31 Å². The summed E-state index contributed by atoms with van der Waals surface area (Å²) >= 11 is 5.64. The molecule has 0 radical (unpaired) electrons. The van der Waals surface area contributed by atoms with Gasteiger partial charge in [-0.15, -0.1) is 0 Å². The van der Waals surface area contributed by atoms with E-state index in [1.165, 1.54) is 16.6 Å². The van der Waals surface area contributed by atoms with Crippen molar-refractivity contribution in [3.63, 3.8) is 0 Å². The van der Waals surface area contributed by atoms with Crippen LogP contribution in [-0.2, 0) is 23.0 Å². The fourth-order valence-corrected chi connectivity index (χ4v) is 3.80. The van der Waals surface area contributed by atoms with Crippen LogP contribution < -0.4 is 0 Å². The maximum atomic E-state index is 13.1. The predicted octanol–water partition coefficient (Wildman–Crippen LogP) is 2.21. The van der Waals surface area contributed by atoms with Gasteiger partial charge in [0.2, 0.25) is 10.0 Å². The van der Waals surface area contributed by atoms with Gasteiger partial charge in [-0.3, -0.25) is 0 Å². The van der Waals surface area contributed by atoms with E-state index >= 15 is 0 Å². The van der Waals surface area contributed by atoms with Gasteiger partial charge >= 0.3 is 0 Å². The second-order valence-electron chi connectivity index (χ2n) is 4.44. The van der Waals surface area contributed by atoms with E-state index in [1.807, 2.05) is 0 Å². The van der Waals surface area contributed by atoms with Crippen molar-refractivity contribution >= 4 is 21.6 Å². The van der Waals surface area contributed by atoms with Gasteiger partial charge in [0, 0.05) is 25.1 Å². The van der Waals surface area contributed by atoms with Crippen molar-refractivity contribution in [2.75, 3.05) is 6.54 Å². The summed E-state index contributed by atoms with van der Waals surface area (Å²) in [7, 11) is -3.71. The van der Waals surface area contributed by atoms with E-state index in [2.05, 4.69) is 5.16 Å². The largest absolute Gasteiger partial charge is 0.361 e. The van der Waals surface area contributed by atoms with Crippen LogP contribution in [0, 0.1) is 5.82 Å². The van der Waals surface area contributed by atoms with Crippen LogP contribution in [0.1, 0.15) is 11.3 Å². The highest BCUT2D eigenvalue weighted by atomic mass is 35.5. The van der Waals surface area contributed by atoms with E-state index in [0.29, 0.717) is 18.7 Å². The minimum Gasteiger partial charge on any atom is -0.361 e. The number of halogens is 2. The van der Waals surface area contributed by atoms with Crippen molar-refractivity contribution in [3.05, 3.63) is 46.6 Å². The van der Waals surface area contributed by atoms with Crippen molar-refractivity contribution in [1.82, 2.24) is 9.46 Å².